The lowest BCUT2D eigenvalue weighted by Gasteiger charge is -2.12. The molecular formula is C16H15F2N. The van der Waals surface area contributed by atoms with Crippen molar-refractivity contribution < 1.29 is 8.78 Å². The second kappa shape index (κ2) is 5.10. The maximum atomic E-state index is 13.5. The summed E-state index contributed by atoms with van der Waals surface area (Å²) in [4.78, 5) is 0. The Labute approximate surface area is 111 Å². The average molecular weight is 259 g/mol. The first-order valence-corrected chi connectivity index (χ1v) is 6.47. The van der Waals surface area contributed by atoms with Crippen LogP contribution in [0.3, 0.4) is 0 Å². The molecule has 0 spiro atoms. The summed E-state index contributed by atoms with van der Waals surface area (Å²) in [5, 5.41) is 3.31. The van der Waals surface area contributed by atoms with E-state index in [4.69, 9.17) is 0 Å². The predicted molar refractivity (Wildman–Crippen MR) is 70.8 cm³/mol. The minimum absolute atomic E-state index is 0.306. The lowest BCUT2D eigenvalue weighted by Crippen LogP contribution is -2.29. The molecule has 0 radical (unpaired) electrons. The van der Waals surface area contributed by atoms with E-state index in [1.165, 1.54) is 11.1 Å². The van der Waals surface area contributed by atoms with Gasteiger partial charge in [0, 0.05) is 18.2 Å². The molecule has 1 aliphatic rings. The molecule has 0 saturated carbocycles. The minimum Gasteiger partial charge on any atom is -0.309 e. The van der Waals surface area contributed by atoms with Crippen molar-refractivity contribution in [3.05, 3.63) is 70.8 Å². The van der Waals surface area contributed by atoms with Gasteiger partial charge in [0.15, 0.2) is 11.6 Å². The maximum absolute atomic E-state index is 13.5. The first-order chi connectivity index (χ1) is 9.24. The Morgan fingerprint density at radius 3 is 2.32 bits per heavy atom. The van der Waals surface area contributed by atoms with E-state index in [0.29, 0.717) is 18.2 Å². The molecule has 0 aromatic heterocycles. The van der Waals surface area contributed by atoms with Crippen LogP contribution in [0.25, 0.3) is 0 Å². The zero-order chi connectivity index (χ0) is 13.2. The molecule has 0 unspecified atom stereocenters. The third-order valence-corrected chi connectivity index (χ3v) is 3.66. The normalized spacial score (nSPS) is 14.6. The quantitative estimate of drug-likeness (QED) is 0.892. The van der Waals surface area contributed by atoms with E-state index in [1.54, 1.807) is 12.1 Å². The smallest absolute Gasteiger partial charge is 0.163 e. The molecule has 2 aromatic rings. The van der Waals surface area contributed by atoms with Crippen molar-refractivity contribution in [1.82, 2.24) is 5.32 Å². The van der Waals surface area contributed by atoms with Gasteiger partial charge in [-0.3, -0.25) is 0 Å². The number of benzene rings is 2. The van der Waals surface area contributed by atoms with Crippen molar-refractivity contribution in [3.8, 4) is 0 Å². The van der Waals surface area contributed by atoms with Crippen LogP contribution in [0, 0.1) is 11.6 Å². The highest BCUT2D eigenvalue weighted by Crippen LogP contribution is 2.22. The number of halogens is 2. The standard InChI is InChI=1S/C16H15F2N/c17-15-7-3-6-13(16(15)18)10-19-14-8-11-4-1-2-5-12(11)9-14/h1-7,14,19H,8-10H2. The molecule has 19 heavy (non-hydrogen) atoms. The highest BCUT2D eigenvalue weighted by atomic mass is 19.2. The van der Waals surface area contributed by atoms with Crippen molar-refractivity contribution in [1.29, 1.82) is 0 Å². The highest BCUT2D eigenvalue weighted by molar-refractivity contribution is 5.33. The van der Waals surface area contributed by atoms with E-state index >= 15 is 0 Å². The monoisotopic (exact) mass is 259 g/mol. The lowest BCUT2D eigenvalue weighted by molar-refractivity contribution is 0.477. The van der Waals surface area contributed by atoms with Crippen LogP contribution in [0.5, 0.6) is 0 Å². The molecule has 0 heterocycles. The van der Waals surface area contributed by atoms with Crippen molar-refractivity contribution >= 4 is 0 Å². The van der Waals surface area contributed by atoms with Gasteiger partial charge in [-0.15, -0.1) is 0 Å². The zero-order valence-electron chi connectivity index (χ0n) is 10.5. The van der Waals surface area contributed by atoms with Crippen LogP contribution in [-0.2, 0) is 19.4 Å². The van der Waals surface area contributed by atoms with Gasteiger partial charge in [0.1, 0.15) is 0 Å². The fourth-order valence-electron chi connectivity index (χ4n) is 2.64. The van der Waals surface area contributed by atoms with E-state index in [0.717, 1.165) is 18.9 Å². The summed E-state index contributed by atoms with van der Waals surface area (Å²) in [5.41, 5.74) is 3.08. The van der Waals surface area contributed by atoms with Crippen LogP contribution in [0.15, 0.2) is 42.5 Å². The molecule has 1 aliphatic carbocycles. The minimum atomic E-state index is -0.783. The average Bonchev–Trinajstić information content (AvgIpc) is 2.83. The summed E-state index contributed by atoms with van der Waals surface area (Å²) in [6, 6.07) is 12.9. The van der Waals surface area contributed by atoms with Crippen molar-refractivity contribution in [2.45, 2.75) is 25.4 Å². The van der Waals surface area contributed by atoms with Crippen molar-refractivity contribution in [2.24, 2.45) is 0 Å². The maximum Gasteiger partial charge on any atom is 0.163 e. The molecule has 1 N–H and O–H groups in total. The lowest BCUT2D eigenvalue weighted by atomic mass is 10.1. The molecule has 0 bridgehead atoms. The Balaban J connectivity index is 1.64. The molecule has 0 saturated heterocycles. The van der Waals surface area contributed by atoms with E-state index in [-0.39, 0.29) is 0 Å². The van der Waals surface area contributed by atoms with E-state index < -0.39 is 11.6 Å². The Kier molecular flexibility index (Phi) is 3.30. The van der Waals surface area contributed by atoms with Gasteiger partial charge in [0.05, 0.1) is 0 Å². The van der Waals surface area contributed by atoms with Gasteiger partial charge in [0.2, 0.25) is 0 Å². The van der Waals surface area contributed by atoms with Crippen molar-refractivity contribution in [2.75, 3.05) is 0 Å². The highest BCUT2D eigenvalue weighted by Gasteiger charge is 2.20. The fraction of sp³-hybridized carbons (Fsp3) is 0.250. The van der Waals surface area contributed by atoms with Crippen LogP contribution in [0.4, 0.5) is 8.78 Å². The number of hydrogen-bond acceptors (Lipinski definition) is 1. The van der Waals surface area contributed by atoms with Crippen molar-refractivity contribution in [3.63, 3.8) is 0 Å². The Morgan fingerprint density at radius 1 is 0.947 bits per heavy atom. The largest absolute Gasteiger partial charge is 0.309 e. The molecule has 0 aliphatic heterocycles. The molecule has 0 amide bonds. The summed E-state index contributed by atoms with van der Waals surface area (Å²) in [5.74, 6) is -1.53. The van der Waals surface area contributed by atoms with Gasteiger partial charge in [0.25, 0.3) is 0 Å². The van der Waals surface area contributed by atoms with Gasteiger partial charge in [-0.1, -0.05) is 36.4 Å². The Bertz CT molecular complexity index is 570. The molecule has 3 heteroatoms. The molecule has 3 rings (SSSR count). The second-order valence-corrected chi connectivity index (χ2v) is 4.97. The summed E-state index contributed by atoms with van der Waals surface area (Å²) in [6.45, 7) is 0.363. The van der Waals surface area contributed by atoms with Gasteiger partial charge in [-0.2, -0.15) is 0 Å². The topological polar surface area (TPSA) is 12.0 Å². The molecule has 1 nitrogen and oxygen atoms in total. The van der Waals surface area contributed by atoms with E-state index in [1.807, 2.05) is 12.1 Å². The van der Waals surface area contributed by atoms with Gasteiger partial charge in [-0.05, 0) is 30.0 Å². The fourth-order valence-corrected chi connectivity index (χ4v) is 2.64. The van der Waals surface area contributed by atoms with Gasteiger partial charge < -0.3 is 5.32 Å². The number of nitrogens with one attached hydrogen (secondary N) is 1. The number of fused-ring (bicyclic) bond motifs is 1. The summed E-state index contributed by atoms with van der Waals surface area (Å²) < 4.78 is 26.6. The number of rotatable bonds is 3. The van der Waals surface area contributed by atoms with Crippen LogP contribution < -0.4 is 5.32 Å². The predicted octanol–water partition coefficient (Wildman–Crippen LogP) is 3.22. The van der Waals surface area contributed by atoms with Crippen LogP contribution in [0.2, 0.25) is 0 Å². The first kappa shape index (κ1) is 12.3. The molecule has 98 valence electrons. The van der Waals surface area contributed by atoms with Crippen LogP contribution >= 0.6 is 0 Å². The molecule has 2 aromatic carbocycles. The number of hydrogen-bond donors (Lipinski definition) is 1. The summed E-state index contributed by atoms with van der Waals surface area (Å²) in [6.07, 6.45) is 1.90. The molecular weight excluding hydrogens is 244 g/mol. The van der Waals surface area contributed by atoms with Crippen LogP contribution in [0.1, 0.15) is 16.7 Å². The van der Waals surface area contributed by atoms with Crippen LogP contribution in [-0.4, -0.2) is 6.04 Å². The Hall–Kier alpha value is -1.74. The summed E-state index contributed by atoms with van der Waals surface area (Å²) >= 11 is 0. The SMILES string of the molecule is Fc1cccc(CNC2Cc3ccccc3C2)c1F. The third kappa shape index (κ3) is 2.51. The van der Waals surface area contributed by atoms with Gasteiger partial charge in [-0.25, -0.2) is 8.78 Å². The third-order valence-electron chi connectivity index (χ3n) is 3.66. The Morgan fingerprint density at radius 2 is 1.63 bits per heavy atom. The molecule has 0 fully saturated rings. The van der Waals surface area contributed by atoms with E-state index in [9.17, 15) is 8.78 Å². The summed E-state index contributed by atoms with van der Waals surface area (Å²) in [7, 11) is 0. The van der Waals surface area contributed by atoms with Gasteiger partial charge >= 0.3 is 0 Å². The zero-order valence-corrected chi connectivity index (χ0v) is 10.5. The molecule has 0 atom stereocenters. The van der Waals surface area contributed by atoms with E-state index in [2.05, 4.69) is 17.4 Å². The second-order valence-electron chi connectivity index (χ2n) is 4.97. The first-order valence-electron chi connectivity index (χ1n) is 6.47.